The third-order valence-electron chi connectivity index (χ3n) is 4.73. The smallest absolute Gasteiger partial charge is 0.329 e. The van der Waals surface area contributed by atoms with E-state index < -0.39 is 5.97 Å². The first-order valence-corrected chi connectivity index (χ1v) is 6.55. The van der Waals surface area contributed by atoms with Gasteiger partial charge in [0.05, 0.1) is 7.11 Å². The van der Waals surface area contributed by atoms with Crippen molar-refractivity contribution in [1.29, 1.82) is 0 Å². The van der Waals surface area contributed by atoms with Gasteiger partial charge in [-0.1, -0.05) is 18.7 Å². The Morgan fingerprint density at radius 2 is 2.06 bits per heavy atom. The molecule has 3 saturated carbocycles. The van der Waals surface area contributed by atoms with E-state index in [0.717, 1.165) is 29.7 Å². The standard InChI is InChI=1S/C11H16.C4H6O2/c1-7-2-5-10-8-3-4-9(6-8)11(7)10;1-3-4(5)6-2/h8-11H,1-6H2;3H,1H2,2H3. The number of hydrogen-bond donors (Lipinski definition) is 0. The molecule has 0 radical (unpaired) electrons. The molecule has 3 fully saturated rings. The minimum Gasteiger partial charge on any atom is -0.466 e. The van der Waals surface area contributed by atoms with Crippen molar-refractivity contribution in [3.8, 4) is 0 Å². The van der Waals surface area contributed by atoms with Crippen LogP contribution in [0.2, 0.25) is 0 Å². The van der Waals surface area contributed by atoms with Gasteiger partial charge in [-0.2, -0.15) is 0 Å². The van der Waals surface area contributed by atoms with Crippen molar-refractivity contribution in [2.24, 2.45) is 23.7 Å². The summed E-state index contributed by atoms with van der Waals surface area (Å²) < 4.78 is 4.14. The van der Waals surface area contributed by atoms with E-state index >= 15 is 0 Å². The maximum atomic E-state index is 9.84. The largest absolute Gasteiger partial charge is 0.466 e. The Balaban J connectivity index is 0.000000157. The summed E-state index contributed by atoms with van der Waals surface area (Å²) in [5.41, 5.74) is 1.60. The monoisotopic (exact) mass is 234 g/mol. The van der Waals surface area contributed by atoms with E-state index in [1.54, 1.807) is 18.4 Å². The summed E-state index contributed by atoms with van der Waals surface area (Å²) in [6.45, 7) is 7.37. The molecule has 17 heavy (non-hydrogen) atoms. The topological polar surface area (TPSA) is 26.3 Å². The van der Waals surface area contributed by atoms with Crippen molar-refractivity contribution >= 4 is 5.97 Å². The number of methoxy groups -OCH3 is 1. The molecule has 0 amide bonds. The molecule has 0 spiro atoms. The predicted octanol–water partition coefficient (Wildman–Crippen LogP) is 3.34. The lowest BCUT2D eigenvalue weighted by Crippen LogP contribution is -2.17. The highest BCUT2D eigenvalue weighted by Crippen LogP contribution is 2.60. The van der Waals surface area contributed by atoms with Gasteiger partial charge in [-0.3, -0.25) is 0 Å². The summed E-state index contributed by atoms with van der Waals surface area (Å²) in [6.07, 6.45) is 8.55. The van der Waals surface area contributed by atoms with Crippen LogP contribution in [0.1, 0.15) is 32.1 Å². The van der Waals surface area contributed by atoms with Crippen LogP contribution in [0.15, 0.2) is 24.8 Å². The van der Waals surface area contributed by atoms with E-state index in [0.29, 0.717) is 0 Å². The Morgan fingerprint density at radius 3 is 2.59 bits per heavy atom. The molecule has 0 heterocycles. The zero-order chi connectivity index (χ0) is 12.4. The van der Waals surface area contributed by atoms with Crippen molar-refractivity contribution in [2.75, 3.05) is 7.11 Å². The maximum absolute atomic E-state index is 9.84. The lowest BCUT2D eigenvalue weighted by molar-refractivity contribution is -0.134. The van der Waals surface area contributed by atoms with E-state index in [1.807, 2.05) is 0 Å². The molecule has 94 valence electrons. The fourth-order valence-electron chi connectivity index (χ4n) is 4.06. The molecule has 2 nitrogen and oxygen atoms in total. The molecule has 0 aromatic rings. The van der Waals surface area contributed by atoms with Gasteiger partial charge in [0, 0.05) is 6.08 Å². The molecule has 2 heteroatoms. The van der Waals surface area contributed by atoms with Crippen LogP contribution in [0.5, 0.6) is 0 Å². The summed E-state index contributed by atoms with van der Waals surface area (Å²) in [6, 6.07) is 0. The van der Waals surface area contributed by atoms with Gasteiger partial charge < -0.3 is 4.74 Å². The Kier molecular flexibility index (Phi) is 3.70. The van der Waals surface area contributed by atoms with E-state index in [9.17, 15) is 4.79 Å². The Morgan fingerprint density at radius 1 is 1.35 bits per heavy atom. The predicted molar refractivity (Wildman–Crippen MR) is 68.4 cm³/mol. The normalized spacial score (nSPS) is 37.1. The molecule has 0 N–H and O–H groups in total. The van der Waals surface area contributed by atoms with Crippen molar-refractivity contribution in [3.05, 3.63) is 24.8 Å². The molecule has 4 unspecified atom stereocenters. The van der Waals surface area contributed by atoms with Crippen LogP contribution < -0.4 is 0 Å². The second kappa shape index (κ2) is 5.07. The third kappa shape index (κ3) is 2.31. The second-order valence-corrected chi connectivity index (χ2v) is 5.45. The van der Waals surface area contributed by atoms with Crippen molar-refractivity contribution in [2.45, 2.75) is 32.1 Å². The number of ether oxygens (including phenoxy) is 1. The molecule has 3 aliphatic carbocycles. The first kappa shape index (κ1) is 12.4. The van der Waals surface area contributed by atoms with Crippen LogP contribution >= 0.6 is 0 Å². The van der Waals surface area contributed by atoms with Gasteiger partial charge in [0.15, 0.2) is 0 Å². The van der Waals surface area contributed by atoms with Gasteiger partial charge in [-0.05, 0) is 55.8 Å². The van der Waals surface area contributed by atoms with Crippen LogP contribution in [0, 0.1) is 23.7 Å². The first-order valence-electron chi connectivity index (χ1n) is 6.55. The van der Waals surface area contributed by atoms with Gasteiger partial charge in [0.2, 0.25) is 0 Å². The van der Waals surface area contributed by atoms with Gasteiger partial charge in [0.25, 0.3) is 0 Å². The summed E-state index contributed by atoms with van der Waals surface area (Å²) in [5.74, 6) is 3.86. The van der Waals surface area contributed by atoms with E-state index in [2.05, 4.69) is 17.9 Å². The molecule has 4 atom stereocenters. The zero-order valence-electron chi connectivity index (χ0n) is 10.7. The number of allylic oxidation sites excluding steroid dienone is 1. The molecule has 0 saturated heterocycles. The highest BCUT2D eigenvalue weighted by molar-refractivity contribution is 5.80. The molecule has 3 aliphatic rings. The lowest BCUT2D eigenvalue weighted by atomic mass is 9.81. The van der Waals surface area contributed by atoms with Crippen LogP contribution in [0.4, 0.5) is 0 Å². The SMILES string of the molecule is C=C1CCC2C3CCC(C3)C12.C=CC(=O)OC. The van der Waals surface area contributed by atoms with Gasteiger partial charge in [0.1, 0.15) is 0 Å². The molecule has 0 aromatic heterocycles. The van der Waals surface area contributed by atoms with Gasteiger partial charge in [-0.15, -0.1) is 0 Å². The maximum Gasteiger partial charge on any atom is 0.329 e. The van der Waals surface area contributed by atoms with Crippen molar-refractivity contribution < 1.29 is 9.53 Å². The van der Waals surface area contributed by atoms with Crippen LogP contribution in [0.25, 0.3) is 0 Å². The molecule has 0 aromatic carbocycles. The van der Waals surface area contributed by atoms with Crippen molar-refractivity contribution in [1.82, 2.24) is 0 Å². The minimum absolute atomic E-state index is 0.394. The van der Waals surface area contributed by atoms with E-state index in [1.165, 1.54) is 26.4 Å². The highest BCUT2D eigenvalue weighted by Gasteiger charge is 2.50. The van der Waals surface area contributed by atoms with Crippen LogP contribution in [-0.2, 0) is 9.53 Å². The number of fused-ring (bicyclic) bond motifs is 5. The van der Waals surface area contributed by atoms with E-state index in [-0.39, 0.29) is 0 Å². The summed E-state index contributed by atoms with van der Waals surface area (Å²) in [5, 5.41) is 0. The minimum atomic E-state index is -0.394. The van der Waals surface area contributed by atoms with Crippen LogP contribution in [-0.4, -0.2) is 13.1 Å². The average molecular weight is 234 g/mol. The van der Waals surface area contributed by atoms with Crippen LogP contribution in [0.3, 0.4) is 0 Å². The molecule has 3 rings (SSSR count). The Hall–Kier alpha value is -1.05. The van der Waals surface area contributed by atoms with Gasteiger partial charge in [-0.25, -0.2) is 4.79 Å². The summed E-state index contributed by atoms with van der Waals surface area (Å²) in [7, 11) is 1.31. The molecular formula is C15H22O2. The number of carbonyl (C=O) groups is 1. The highest BCUT2D eigenvalue weighted by atomic mass is 16.5. The fraction of sp³-hybridized carbons (Fsp3) is 0.667. The number of esters is 1. The third-order valence-corrected chi connectivity index (χ3v) is 4.73. The molecular weight excluding hydrogens is 212 g/mol. The second-order valence-electron chi connectivity index (χ2n) is 5.45. The molecule has 0 aliphatic heterocycles. The number of hydrogen-bond acceptors (Lipinski definition) is 2. The summed E-state index contributed by atoms with van der Waals surface area (Å²) >= 11 is 0. The van der Waals surface area contributed by atoms with Crippen molar-refractivity contribution in [3.63, 3.8) is 0 Å². The lowest BCUT2D eigenvalue weighted by Gasteiger charge is -2.24. The first-order chi connectivity index (χ1) is 8.17. The van der Waals surface area contributed by atoms with E-state index in [4.69, 9.17) is 0 Å². The number of rotatable bonds is 1. The Bertz CT molecular complexity index is 332. The molecule has 2 bridgehead atoms. The zero-order valence-corrected chi connectivity index (χ0v) is 10.7. The fourth-order valence-corrected chi connectivity index (χ4v) is 4.06. The quantitative estimate of drug-likeness (QED) is 0.395. The van der Waals surface area contributed by atoms with Gasteiger partial charge >= 0.3 is 5.97 Å². The average Bonchev–Trinajstić information content (AvgIpc) is 3.03. The Labute approximate surface area is 104 Å². The number of carbonyl (C=O) groups excluding carboxylic acids is 1. The summed E-state index contributed by atoms with van der Waals surface area (Å²) in [4.78, 5) is 9.84.